The zero-order valence-electron chi connectivity index (χ0n) is 13.8. The van der Waals surface area contributed by atoms with E-state index >= 15 is 0 Å². The molecule has 0 aliphatic heterocycles. The summed E-state index contributed by atoms with van der Waals surface area (Å²) in [6, 6.07) is 7.75. The summed E-state index contributed by atoms with van der Waals surface area (Å²) in [7, 11) is 0. The monoisotopic (exact) mass is 334 g/mol. The molecule has 0 fully saturated rings. The maximum absolute atomic E-state index is 13.5. The van der Waals surface area contributed by atoms with E-state index < -0.39 is 17.7 Å². The van der Waals surface area contributed by atoms with Crippen molar-refractivity contribution in [3.8, 4) is 5.75 Å². The minimum atomic E-state index is -0.703. The number of nitrogens with one attached hydrogen (secondary N) is 2. The van der Waals surface area contributed by atoms with Crippen molar-refractivity contribution in [1.29, 1.82) is 0 Å². The minimum absolute atomic E-state index is 0.213. The van der Waals surface area contributed by atoms with Crippen molar-refractivity contribution in [3.05, 3.63) is 59.2 Å². The highest BCUT2D eigenvalue weighted by Gasteiger charge is 2.12. The summed E-state index contributed by atoms with van der Waals surface area (Å²) in [6.07, 6.45) is 0. The Balaban J connectivity index is 1.89. The van der Waals surface area contributed by atoms with Crippen molar-refractivity contribution in [1.82, 2.24) is 5.32 Å². The average molecular weight is 334 g/mol. The number of urea groups is 1. The van der Waals surface area contributed by atoms with Gasteiger partial charge in [0, 0.05) is 6.07 Å². The zero-order valence-corrected chi connectivity index (χ0v) is 13.8. The Kier molecular flexibility index (Phi) is 5.73. The van der Waals surface area contributed by atoms with Gasteiger partial charge >= 0.3 is 6.03 Å². The molecular weight excluding hydrogens is 314 g/mol. The number of para-hydroxylation sites is 1. The Morgan fingerprint density at radius 2 is 1.83 bits per heavy atom. The Labute approximate surface area is 139 Å². The van der Waals surface area contributed by atoms with Gasteiger partial charge in [0.05, 0.1) is 11.7 Å². The number of hydrogen-bond donors (Lipinski definition) is 2. The fourth-order valence-corrected chi connectivity index (χ4v) is 2.25. The lowest BCUT2D eigenvalue weighted by atomic mass is 10.1. The van der Waals surface area contributed by atoms with Crippen LogP contribution in [0.1, 0.15) is 18.1 Å². The largest absolute Gasteiger partial charge is 0.491 e. The summed E-state index contributed by atoms with van der Waals surface area (Å²) in [5, 5.41) is 4.90. The molecule has 4 nitrogen and oxygen atoms in total. The predicted octanol–water partition coefficient (Wildman–Crippen LogP) is 4.17. The molecule has 6 heteroatoms. The fourth-order valence-electron chi connectivity index (χ4n) is 2.25. The van der Waals surface area contributed by atoms with Crippen LogP contribution in [0, 0.1) is 25.5 Å². The second-order valence-electron chi connectivity index (χ2n) is 5.66. The molecule has 2 rings (SSSR count). The summed E-state index contributed by atoms with van der Waals surface area (Å²) in [5.74, 6) is -0.549. The van der Waals surface area contributed by atoms with E-state index in [1.807, 2.05) is 32.0 Å². The van der Waals surface area contributed by atoms with Crippen molar-refractivity contribution >= 4 is 11.7 Å². The molecule has 1 unspecified atom stereocenters. The lowest BCUT2D eigenvalue weighted by molar-refractivity contribution is 0.236. The van der Waals surface area contributed by atoms with Crippen LogP contribution in [-0.2, 0) is 0 Å². The highest BCUT2D eigenvalue weighted by Crippen LogP contribution is 2.22. The normalized spacial score (nSPS) is 11.7. The van der Waals surface area contributed by atoms with Crippen molar-refractivity contribution in [2.24, 2.45) is 0 Å². The number of anilines is 1. The molecule has 0 saturated heterocycles. The number of hydrogen-bond acceptors (Lipinski definition) is 2. The number of benzene rings is 2. The molecule has 2 aromatic carbocycles. The number of carbonyl (C=O) groups is 1. The van der Waals surface area contributed by atoms with E-state index in [4.69, 9.17) is 4.74 Å². The summed E-state index contributed by atoms with van der Waals surface area (Å²) in [6.45, 7) is 5.90. The highest BCUT2D eigenvalue weighted by atomic mass is 19.1. The van der Waals surface area contributed by atoms with Gasteiger partial charge < -0.3 is 15.4 Å². The number of rotatable bonds is 5. The molecule has 0 aliphatic rings. The number of halogens is 2. The molecule has 0 bridgehead atoms. The quantitative estimate of drug-likeness (QED) is 0.862. The Bertz CT molecular complexity index is 715. The number of ether oxygens (including phenoxy) is 1. The predicted molar refractivity (Wildman–Crippen MR) is 89.4 cm³/mol. The van der Waals surface area contributed by atoms with Gasteiger partial charge in [-0.25, -0.2) is 13.6 Å². The van der Waals surface area contributed by atoms with Gasteiger partial charge in [-0.2, -0.15) is 0 Å². The van der Waals surface area contributed by atoms with Crippen LogP contribution in [0.25, 0.3) is 0 Å². The first kappa shape index (κ1) is 17.7. The molecule has 24 heavy (non-hydrogen) atoms. The van der Waals surface area contributed by atoms with Crippen molar-refractivity contribution in [2.75, 3.05) is 11.9 Å². The zero-order chi connectivity index (χ0) is 17.7. The van der Waals surface area contributed by atoms with E-state index in [2.05, 4.69) is 10.6 Å². The van der Waals surface area contributed by atoms with Crippen LogP contribution >= 0.6 is 0 Å². The Hall–Kier alpha value is -2.63. The van der Waals surface area contributed by atoms with Gasteiger partial charge in [0.15, 0.2) is 0 Å². The summed E-state index contributed by atoms with van der Waals surface area (Å²) in [5.41, 5.74) is 1.80. The average Bonchev–Trinajstić information content (AvgIpc) is 2.50. The fraction of sp³-hybridized carbons (Fsp3) is 0.278. The van der Waals surface area contributed by atoms with Crippen LogP contribution in [0.5, 0.6) is 5.75 Å². The Morgan fingerprint density at radius 1 is 1.17 bits per heavy atom. The number of aryl methyl sites for hydroxylation is 2. The Morgan fingerprint density at radius 3 is 2.50 bits per heavy atom. The number of amides is 2. The smallest absolute Gasteiger partial charge is 0.319 e. The molecular formula is C18H20F2N2O2. The molecule has 2 amide bonds. The van der Waals surface area contributed by atoms with Crippen molar-refractivity contribution in [3.63, 3.8) is 0 Å². The summed E-state index contributed by atoms with van der Waals surface area (Å²) < 4.78 is 32.3. The summed E-state index contributed by atoms with van der Waals surface area (Å²) >= 11 is 0. The maximum atomic E-state index is 13.5. The first-order valence-corrected chi connectivity index (χ1v) is 7.58. The van der Waals surface area contributed by atoms with E-state index in [1.54, 1.807) is 6.92 Å². The summed E-state index contributed by atoms with van der Waals surface area (Å²) in [4.78, 5) is 11.9. The third kappa shape index (κ3) is 4.68. The van der Waals surface area contributed by atoms with Gasteiger partial charge in [-0.05, 0) is 44.0 Å². The van der Waals surface area contributed by atoms with Crippen LogP contribution in [0.3, 0.4) is 0 Å². The van der Waals surface area contributed by atoms with Gasteiger partial charge in [0.25, 0.3) is 0 Å². The van der Waals surface area contributed by atoms with Crippen LogP contribution in [0.2, 0.25) is 0 Å². The first-order chi connectivity index (χ1) is 11.4. The molecule has 0 heterocycles. The molecule has 2 N–H and O–H groups in total. The third-order valence-electron chi connectivity index (χ3n) is 3.44. The van der Waals surface area contributed by atoms with Gasteiger partial charge in [-0.15, -0.1) is 0 Å². The van der Waals surface area contributed by atoms with Crippen LogP contribution in [-0.4, -0.2) is 18.7 Å². The second-order valence-corrected chi connectivity index (χ2v) is 5.66. The number of carbonyl (C=O) groups excluding carboxylic acids is 1. The van der Waals surface area contributed by atoms with E-state index in [-0.39, 0.29) is 18.3 Å². The maximum Gasteiger partial charge on any atom is 0.319 e. The second kappa shape index (κ2) is 7.77. The van der Waals surface area contributed by atoms with E-state index in [0.29, 0.717) is 0 Å². The highest BCUT2D eigenvalue weighted by molar-refractivity contribution is 5.89. The van der Waals surface area contributed by atoms with Crippen LogP contribution in [0.4, 0.5) is 19.3 Å². The first-order valence-electron chi connectivity index (χ1n) is 7.58. The minimum Gasteiger partial charge on any atom is -0.491 e. The molecule has 0 radical (unpaired) electrons. The van der Waals surface area contributed by atoms with Gasteiger partial charge in [-0.1, -0.05) is 18.2 Å². The standard InChI is InChI=1S/C18H20F2N2O2/c1-11-5-4-6-12(2)17(11)24-10-13(3)21-18(23)22-16-9-14(19)7-8-15(16)20/h4-9,13H,10H2,1-3H3,(H2,21,22,23). The van der Waals surface area contributed by atoms with Crippen molar-refractivity contribution < 1.29 is 18.3 Å². The molecule has 0 spiro atoms. The lowest BCUT2D eigenvalue weighted by Crippen LogP contribution is -2.39. The van der Waals surface area contributed by atoms with E-state index in [9.17, 15) is 13.6 Å². The van der Waals surface area contributed by atoms with Gasteiger partial charge in [0.2, 0.25) is 0 Å². The van der Waals surface area contributed by atoms with Crippen LogP contribution in [0.15, 0.2) is 36.4 Å². The van der Waals surface area contributed by atoms with E-state index in [0.717, 1.165) is 35.1 Å². The molecule has 0 aromatic heterocycles. The molecule has 0 saturated carbocycles. The molecule has 0 aliphatic carbocycles. The topological polar surface area (TPSA) is 50.4 Å². The van der Waals surface area contributed by atoms with E-state index in [1.165, 1.54) is 0 Å². The molecule has 2 aromatic rings. The SMILES string of the molecule is Cc1cccc(C)c1OCC(C)NC(=O)Nc1cc(F)ccc1F. The van der Waals surface area contributed by atoms with Gasteiger partial charge in [0.1, 0.15) is 24.0 Å². The van der Waals surface area contributed by atoms with Crippen molar-refractivity contribution in [2.45, 2.75) is 26.8 Å². The van der Waals surface area contributed by atoms with Gasteiger partial charge in [-0.3, -0.25) is 0 Å². The molecule has 128 valence electrons. The van der Waals surface area contributed by atoms with Crippen LogP contribution < -0.4 is 15.4 Å². The lowest BCUT2D eigenvalue weighted by Gasteiger charge is -2.18. The molecule has 1 atom stereocenters. The third-order valence-corrected chi connectivity index (χ3v) is 3.44.